The zero-order valence-corrected chi connectivity index (χ0v) is 11.7. The summed E-state index contributed by atoms with van der Waals surface area (Å²) in [6, 6.07) is 9.84. The van der Waals surface area contributed by atoms with Gasteiger partial charge in [0.15, 0.2) is 0 Å². The van der Waals surface area contributed by atoms with E-state index in [0.29, 0.717) is 0 Å². The number of nitrogens with zero attached hydrogens (tertiary/aromatic N) is 2. The molecular weight excluding hydrogens is 256 g/mol. The van der Waals surface area contributed by atoms with Crippen LogP contribution in [-0.4, -0.2) is 40.4 Å². The van der Waals surface area contributed by atoms with Crippen LogP contribution in [0, 0.1) is 6.92 Å². The molecule has 0 saturated carbocycles. The number of rotatable bonds is 1. The Morgan fingerprint density at radius 3 is 2.79 bits per heavy atom. The van der Waals surface area contributed by atoms with Crippen LogP contribution in [0.25, 0.3) is 10.9 Å². The van der Waals surface area contributed by atoms with E-state index in [1.54, 1.807) is 0 Å². The molecule has 98 valence electrons. The first-order valence-electron chi connectivity index (χ1n) is 6.49. The van der Waals surface area contributed by atoms with Gasteiger partial charge in [-0.05, 0) is 19.1 Å². The Kier molecular flexibility index (Phi) is 3.42. The van der Waals surface area contributed by atoms with Gasteiger partial charge in [0.05, 0.1) is 11.1 Å². The lowest BCUT2D eigenvalue weighted by Crippen LogP contribution is -2.38. The number of aromatic nitrogens is 1. The molecule has 1 aliphatic heterocycles. The first kappa shape index (κ1) is 12.5. The summed E-state index contributed by atoms with van der Waals surface area (Å²) >= 11 is 1.91. The van der Waals surface area contributed by atoms with Gasteiger partial charge in [0.25, 0.3) is 5.91 Å². The number of hydrogen-bond donors (Lipinski definition) is 0. The number of para-hydroxylation sites is 1. The van der Waals surface area contributed by atoms with E-state index in [9.17, 15) is 4.79 Å². The number of fused-ring (bicyclic) bond motifs is 1. The average molecular weight is 272 g/mol. The monoisotopic (exact) mass is 272 g/mol. The van der Waals surface area contributed by atoms with Gasteiger partial charge in [0.1, 0.15) is 0 Å². The molecule has 0 atom stereocenters. The number of carbonyl (C=O) groups is 1. The summed E-state index contributed by atoms with van der Waals surface area (Å²) in [6.07, 6.45) is 0. The first-order chi connectivity index (χ1) is 9.25. The lowest BCUT2D eigenvalue weighted by Gasteiger charge is -2.26. The highest BCUT2D eigenvalue weighted by atomic mass is 32.2. The van der Waals surface area contributed by atoms with E-state index in [1.165, 1.54) is 0 Å². The zero-order valence-electron chi connectivity index (χ0n) is 10.9. The predicted molar refractivity (Wildman–Crippen MR) is 79.7 cm³/mol. The van der Waals surface area contributed by atoms with Gasteiger partial charge in [-0.3, -0.25) is 9.78 Å². The van der Waals surface area contributed by atoms with Crippen LogP contribution in [0.2, 0.25) is 0 Å². The van der Waals surface area contributed by atoms with Gasteiger partial charge >= 0.3 is 0 Å². The Balaban J connectivity index is 2.03. The molecule has 1 amide bonds. The van der Waals surface area contributed by atoms with Crippen LogP contribution in [0.3, 0.4) is 0 Å². The van der Waals surface area contributed by atoms with E-state index >= 15 is 0 Å². The molecule has 1 aromatic heterocycles. The Bertz CT molecular complexity index is 621. The van der Waals surface area contributed by atoms with E-state index in [4.69, 9.17) is 0 Å². The van der Waals surface area contributed by atoms with Crippen LogP contribution >= 0.6 is 11.8 Å². The Morgan fingerprint density at radius 2 is 2.00 bits per heavy atom. The number of pyridine rings is 1. The number of thioether (sulfide) groups is 1. The Morgan fingerprint density at radius 1 is 1.21 bits per heavy atom. The minimum absolute atomic E-state index is 0.115. The summed E-state index contributed by atoms with van der Waals surface area (Å²) in [5.74, 6) is 2.18. The second-order valence-corrected chi connectivity index (χ2v) is 5.96. The highest BCUT2D eigenvalue weighted by Crippen LogP contribution is 2.20. The fraction of sp³-hybridized carbons (Fsp3) is 0.333. The molecular formula is C15H16N2OS. The molecule has 0 unspecified atom stereocenters. The van der Waals surface area contributed by atoms with Crippen molar-refractivity contribution in [1.29, 1.82) is 0 Å². The normalized spacial score (nSPS) is 15.7. The maximum Gasteiger partial charge on any atom is 0.256 e. The van der Waals surface area contributed by atoms with Crippen molar-refractivity contribution in [3.63, 3.8) is 0 Å². The van der Waals surface area contributed by atoms with E-state index in [2.05, 4.69) is 4.98 Å². The second kappa shape index (κ2) is 5.21. The molecule has 0 N–H and O–H groups in total. The lowest BCUT2D eigenvalue weighted by molar-refractivity contribution is 0.0774. The molecule has 0 aliphatic carbocycles. The molecule has 3 rings (SSSR count). The average Bonchev–Trinajstić information content (AvgIpc) is 2.47. The van der Waals surface area contributed by atoms with E-state index < -0.39 is 0 Å². The topological polar surface area (TPSA) is 33.2 Å². The van der Waals surface area contributed by atoms with Crippen LogP contribution in [0.15, 0.2) is 30.3 Å². The summed E-state index contributed by atoms with van der Waals surface area (Å²) in [6.45, 7) is 3.63. The quantitative estimate of drug-likeness (QED) is 0.800. The van der Waals surface area contributed by atoms with Crippen molar-refractivity contribution in [2.45, 2.75) is 6.92 Å². The second-order valence-electron chi connectivity index (χ2n) is 4.73. The minimum atomic E-state index is 0.115. The van der Waals surface area contributed by atoms with Crippen LogP contribution in [-0.2, 0) is 0 Å². The molecule has 1 aromatic carbocycles. The molecule has 2 aromatic rings. The SMILES string of the molecule is Cc1ccc2cccc(C(=O)N3CCSCC3)c2n1. The third kappa shape index (κ3) is 2.45. The van der Waals surface area contributed by atoms with Gasteiger partial charge in [0.2, 0.25) is 0 Å². The van der Waals surface area contributed by atoms with Gasteiger partial charge in [0, 0.05) is 35.7 Å². The molecule has 19 heavy (non-hydrogen) atoms. The highest BCUT2D eigenvalue weighted by molar-refractivity contribution is 7.99. The van der Waals surface area contributed by atoms with Crippen molar-refractivity contribution in [3.8, 4) is 0 Å². The molecule has 2 heterocycles. The van der Waals surface area contributed by atoms with Crippen molar-refractivity contribution >= 4 is 28.6 Å². The van der Waals surface area contributed by atoms with Gasteiger partial charge in [-0.1, -0.05) is 18.2 Å². The van der Waals surface area contributed by atoms with Gasteiger partial charge in [-0.2, -0.15) is 11.8 Å². The first-order valence-corrected chi connectivity index (χ1v) is 7.64. The Labute approximate surface area is 117 Å². The van der Waals surface area contributed by atoms with Crippen molar-refractivity contribution in [3.05, 3.63) is 41.6 Å². The Hall–Kier alpha value is -1.55. The van der Waals surface area contributed by atoms with Crippen molar-refractivity contribution in [2.24, 2.45) is 0 Å². The standard InChI is InChI=1S/C15H16N2OS/c1-11-5-6-12-3-2-4-13(14(12)16-11)15(18)17-7-9-19-10-8-17/h2-6H,7-10H2,1H3. The summed E-state index contributed by atoms with van der Waals surface area (Å²) in [7, 11) is 0. The number of hydrogen-bond acceptors (Lipinski definition) is 3. The van der Waals surface area contributed by atoms with Crippen LogP contribution in [0.5, 0.6) is 0 Å². The molecule has 4 heteroatoms. The predicted octanol–water partition coefficient (Wildman–Crippen LogP) is 2.73. The van der Waals surface area contributed by atoms with Crippen LogP contribution in [0.4, 0.5) is 0 Å². The maximum atomic E-state index is 12.6. The largest absolute Gasteiger partial charge is 0.337 e. The fourth-order valence-corrected chi connectivity index (χ4v) is 3.26. The van der Waals surface area contributed by atoms with Gasteiger partial charge in [-0.15, -0.1) is 0 Å². The van der Waals surface area contributed by atoms with E-state index in [-0.39, 0.29) is 5.91 Å². The van der Waals surface area contributed by atoms with E-state index in [0.717, 1.165) is 46.8 Å². The van der Waals surface area contributed by atoms with Crippen LogP contribution < -0.4 is 0 Å². The third-order valence-electron chi connectivity index (χ3n) is 3.39. The summed E-state index contributed by atoms with van der Waals surface area (Å²) < 4.78 is 0. The number of carbonyl (C=O) groups excluding carboxylic acids is 1. The van der Waals surface area contributed by atoms with E-state index in [1.807, 2.05) is 53.9 Å². The zero-order chi connectivity index (χ0) is 13.2. The number of aryl methyl sites for hydroxylation is 1. The molecule has 0 bridgehead atoms. The van der Waals surface area contributed by atoms with Crippen LogP contribution in [0.1, 0.15) is 16.1 Å². The summed E-state index contributed by atoms with van der Waals surface area (Å²) in [5.41, 5.74) is 2.50. The molecule has 1 saturated heterocycles. The maximum absolute atomic E-state index is 12.6. The highest BCUT2D eigenvalue weighted by Gasteiger charge is 2.20. The molecule has 1 fully saturated rings. The fourth-order valence-electron chi connectivity index (χ4n) is 2.35. The lowest BCUT2D eigenvalue weighted by atomic mass is 10.1. The molecule has 0 spiro atoms. The molecule has 3 nitrogen and oxygen atoms in total. The van der Waals surface area contributed by atoms with Gasteiger partial charge in [-0.25, -0.2) is 0 Å². The number of amides is 1. The minimum Gasteiger partial charge on any atom is -0.337 e. The summed E-state index contributed by atoms with van der Waals surface area (Å²) in [4.78, 5) is 19.1. The van der Waals surface area contributed by atoms with Crippen molar-refractivity contribution in [1.82, 2.24) is 9.88 Å². The molecule has 0 radical (unpaired) electrons. The smallest absolute Gasteiger partial charge is 0.256 e. The van der Waals surface area contributed by atoms with Gasteiger partial charge < -0.3 is 4.90 Å². The van der Waals surface area contributed by atoms with Crippen molar-refractivity contribution < 1.29 is 4.79 Å². The van der Waals surface area contributed by atoms with Crippen molar-refractivity contribution in [2.75, 3.05) is 24.6 Å². The molecule has 1 aliphatic rings. The number of benzene rings is 1. The summed E-state index contributed by atoms with van der Waals surface area (Å²) in [5, 5.41) is 1.03. The third-order valence-corrected chi connectivity index (χ3v) is 4.33.